The topological polar surface area (TPSA) is 68.5 Å². The van der Waals surface area contributed by atoms with Crippen LogP contribution in [0.1, 0.15) is 10.4 Å². The van der Waals surface area contributed by atoms with Crippen molar-refractivity contribution in [1.29, 1.82) is 0 Å². The van der Waals surface area contributed by atoms with Crippen molar-refractivity contribution in [3.8, 4) is 17.0 Å². The molecule has 0 aliphatic rings. The number of aromatic nitrogens is 3. The van der Waals surface area contributed by atoms with Crippen molar-refractivity contribution in [2.24, 2.45) is 0 Å². The maximum atomic E-state index is 12.8. The molecule has 0 unspecified atom stereocenters. The van der Waals surface area contributed by atoms with Crippen LogP contribution in [0.2, 0.25) is 0 Å². The second-order valence-corrected chi connectivity index (χ2v) is 7.38. The van der Waals surface area contributed by atoms with Gasteiger partial charge < -0.3 is 14.5 Å². The zero-order chi connectivity index (χ0) is 19.8. The van der Waals surface area contributed by atoms with Crippen molar-refractivity contribution in [3.05, 3.63) is 78.1 Å². The fraction of sp³-hybridized carbons (Fsp3) is 0.0455. The molecule has 0 atom stereocenters. The molecule has 0 aliphatic heterocycles. The van der Waals surface area contributed by atoms with Crippen LogP contribution in [0.3, 0.4) is 0 Å². The SMILES string of the molecule is COc1ccc(-c2cn3ccccc3n2)cc1NC(=O)c1ccc2ncsc2c1. The predicted molar refractivity (Wildman–Crippen MR) is 115 cm³/mol. The highest BCUT2D eigenvalue weighted by Gasteiger charge is 2.13. The van der Waals surface area contributed by atoms with Crippen LogP contribution in [0.4, 0.5) is 5.69 Å². The molecule has 0 saturated heterocycles. The first-order chi connectivity index (χ1) is 14.2. The fourth-order valence-corrected chi connectivity index (χ4v) is 3.95. The lowest BCUT2D eigenvalue weighted by molar-refractivity contribution is 0.102. The Morgan fingerprint density at radius 2 is 2.07 bits per heavy atom. The Labute approximate surface area is 170 Å². The Bertz CT molecular complexity index is 1320. The number of rotatable bonds is 4. The Hall–Kier alpha value is -3.71. The molecular weight excluding hydrogens is 384 g/mol. The van der Waals surface area contributed by atoms with Gasteiger partial charge in [-0.3, -0.25) is 4.79 Å². The zero-order valence-electron chi connectivity index (χ0n) is 15.5. The van der Waals surface area contributed by atoms with Crippen molar-refractivity contribution in [2.75, 3.05) is 12.4 Å². The summed E-state index contributed by atoms with van der Waals surface area (Å²) in [4.78, 5) is 21.7. The number of thiazole rings is 1. The van der Waals surface area contributed by atoms with Crippen LogP contribution in [-0.2, 0) is 0 Å². The minimum atomic E-state index is -0.203. The molecule has 0 bridgehead atoms. The van der Waals surface area contributed by atoms with E-state index in [4.69, 9.17) is 4.74 Å². The van der Waals surface area contributed by atoms with Crippen LogP contribution in [0.15, 0.2) is 72.5 Å². The summed E-state index contributed by atoms with van der Waals surface area (Å²) in [6.07, 6.45) is 3.91. The minimum absolute atomic E-state index is 0.203. The third-order valence-corrected chi connectivity index (χ3v) is 5.49. The van der Waals surface area contributed by atoms with E-state index >= 15 is 0 Å². The highest BCUT2D eigenvalue weighted by Crippen LogP contribution is 2.31. The fourth-order valence-electron chi connectivity index (χ4n) is 3.23. The molecule has 142 valence electrons. The number of ether oxygens (including phenoxy) is 1. The second-order valence-electron chi connectivity index (χ2n) is 6.50. The van der Waals surface area contributed by atoms with Gasteiger partial charge in [0.25, 0.3) is 5.91 Å². The summed E-state index contributed by atoms with van der Waals surface area (Å²) >= 11 is 1.51. The molecule has 5 rings (SSSR count). The smallest absolute Gasteiger partial charge is 0.255 e. The maximum absolute atomic E-state index is 12.8. The van der Waals surface area contributed by atoms with Gasteiger partial charge in [0.15, 0.2) is 0 Å². The minimum Gasteiger partial charge on any atom is -0.495 e. The summed E-state index contributed by atoms with van der Waals surface area (Å²) < 4.78 is 8.38. The number of anilines is 1. The van der Waals surface area contributed by atoms with Crippen LogP contribution in [-0.4, -0.2) is 27.4 Å². The van der Waals surface area contributed by atoms with Crippen LogP contribution < -0.4 is 10.1 Å². The number of benzene rings is 2. The third-order valence-electron chi connectivity index (χ3n) is 4.70. The molecule has 3 heterocycles. The molecular formula is C22H16N4O2S. The molecule has 5 aromatic rings. The van der Waals surface area contributed by atoms with Crippen LogP contribution in [0.5, 0.6) is 5.75 Å². The van der Waals surface area contributed by atoms with E-state index in [1.165, 1.54) is 11.3 Å². The van der Waals surface area contributed by atoms with Gasteiger partial charge in [-0.05, 0) is 48.5 Å². The monoisotopic (exact) mass is 400 g/mol. The molecule has 1 amide bonds. The van der Waals surface area contributed by atoms with Gasteiger partial charge in [-0.15, -0.1) is 11.3 Å². The predicted octanol–water partition coefficient (Wildman–Crippen LogP) is 4.87. The lowest BCUT2D eigenvalue weighted by Crippen LogP contribution is -2.12. The Morgan fingerprint density at radius 3 is 2.93 bits per heavy atom. The third kappa shape index (κ3) is 3.21. The number of hydrogen-bond donors (Lipinski definition) is 1. The van der Waals surface area contributed by atoms with Gasteiger partial charge >= 0.3 is 0 Å². The number of hydrogen-bond acceptors (Lipinski definition) is 5. The van der Waals surface area contributed by atoms with Gasteiger partial charge in [-0.25, -0.2) is 9.97 Å². The van der Waals surface area contributed by atoms with E-state index in [1.54, 1.807) is 18.7 Å². The standard InChI is InChI=1S/C22H16N4O2S/c1-28-19-8-6-14(18-12-26-9-3-2-4-21(26)24-18)10-17(19)25-22(27)15-5-7-16-20(11-15)29-13-23-16/h2-13H,1H3,(H,25,27). The first-order valence-corrected chi connectivity index (χ1v) is 9.86. The van der Waals surface area contributed by atoms with Gasteiger partial charge in [0.1, 0.15) is 11.4 Å². The van der Waals surface area contributed by atoms with E-state index in [9.17, 15) is 4.79 Å². The van der Waals surface area contributed by atoms with Crippen LogP contribution in [0.25, 0.3) is 27.1 Å². The van der Waals surface area contributed by atoms with Crippen LogP contribution >= 0.6 is 11.3 Å². The summed E-state index contributed by atoms with van der Waals surface area (Å²) in [5, 5.41) is 2.96. The summed E-state index contributed by atoms with van der Waals surface area (Å²) in [6, 6.07) is 17.0. The van der Waals surface area contributed by atoms with Crippen molar-refractivity contribution < 1.29 is 9.53 Å². The lowest BCUT2D eigenvalue weighted by atomic mass is 10.1. The molecule has 0 saturated carbocycles. The first-order valence-electron chi connectivity index (χ1n) is 8.98. The largest absolute Gasteiger partial charge is 0.495 e. The van der Waals surface area contributed by atoms with Crippen molar-refractivity contribution in [2.45, 2.75) is 0 Å². The van der Waals surface area contributed by atoms with E-state index in [-0.39, 0.29) is 5.91 Å². The molecule has 2 aromatic carbocycles. The van der Waals surface area contributed by atoms with E-state index in [2.05, 4.69) is 15.3 Å². The summed E-state index contributed by atoms with van der Waals surface area (Å²) in [7, 11) is 1.58. The molecule has 0 spiro atoms. The molecule has 6 nitrogen and oxygen atoms in total. The van der Waals surface area contributed by atoms with Gasteiger partial charge in [0.05, 0.1) is 34.2 Å². The van der Waals surface area contributed by atoms with Crippen molar-refractivity contribution in [1.82, 2.24) is 14.4 Å². The van der Waals surface area contributed by atoms with E-state index < -0.39 is 0 Å². The van der Waals surface area contributed by atoms with Gasteiger partial charge in [0, 0.05) is 23.5 Å². The summed E-state index contributed by atoms with van der Waals surface area (Å²) in [5.41, 5.74) is 6.40. The Balaban J connectivity index is 1.49. The normalized spacial score (nSPS) is 11.1. The molecule has 3 aromatic heterocycles. The number of nitrogens with one attached hydrogen (secondary N) is 1. The van der Waals surface area contributed by atoms with Gasteiger partial charge in [-0.1, -0.05) is 6.07 Å². The van der Waals surface area contributed by atoms with Crippen LogP contribution in [0, 0.1) is 0 Å². The summed E-state index contributed by atoms with van der Waals surface area (Å²) in [5.74, 6) is 0.385. The number of methoxy groups -OCH3 is 1. The zero-order valence-corrected chi connectivity index (χ0v) is 16.3. The molecule has 29 heavy (non-hydrogen) atoms. The second kappa shape index (κ2) is 7.03. The maximum Gasteiger partial charge on any atom is 0.255 e. The van der Waals surface area contributed by atoms with E-state index in [0.29, 0.717) is 17.0 Å². The van der Waals surface area contributed by atoms with E-state index in [0.717, 1.165) is 27.1 Å². The number of nitrogens with zero attached hydrogens (tertiary/aromatic N) is 3. The Morgan fingerprint density at radius 1 is 1.14 bits per heavy atom. The Kier molecular flexibility index (Phi) is 4.22. The highest BCUT2D eigenvalue weighted by molar-refractivity contribution is 7.16. The van der Waals surface area contributed by atoms with Gasteiger partial charge in [-0.2, -0.15) is 0 Å². The molecule has 0 radical (unpaired) electrons. The van der Waals surface area contributed by atoms with Crippen molar-refractivity contribution >= 4 is 38.8 Å². The average molecular weight is 400 g/mol. The molecule has 0 aliphatic carbocycles. The number of imidazole rings is 1. The average Bonchev–Trinajstić information content (AvgIpc) is 3.39. The number of carbonyl (C=O) groups is 1. The molecule has 1 N–H and O–H groups in total. The van der Waals surface area contributed by atoms with Gasteiger partial charge in [0.2, 0.25) is 0 Å². The number of carbonyl (C=O) groups excluding carboxylic acids is 1. The number of amides is 1. The number of pyridine rings is 1. The number of fused-ring (bicyclic) bond motifs is 2. The first kappa shape index (κ1) is 17.4. The molecule has 0 fully saturated rings. The van der Waals surface area contributed by atoms with E-state index in [1.807, 2.05) is 65.3 Å². The van der Waals surface area contributed by atoms with Crippen molar-refractivity contribution in [3.63, 3.8) is 0 Å². The summed E-state index contributed by atoms with van der Waals surface area (Å²) in [6.45, 7) is 0. The lowest BCUT2D eigenvalue weighted by Gasteiger charge is -2.11. The molecule has 7 heteroatoms. The highest BCUT2D eigenvalue weighted by atomic mass is 32.1. The quantitative estimate of drug-likeness (QED) is 0.467.